The van der Waals surface area contributed by atoms with Gasteiger partial charge in [-0.25, -0.2) is 0 Å². The number of rotatable bonds is 6. The molecule has 0 bridgehead atoms. The van der Waals surface area contributed by atoms with E-state index in [-0.39, 0.29) is 5.91 Å². The summed E-state index contributed by atoms with van der Waals surface area (Å²) in [7, 11) is 0. The van der Waals surface area contributed by atoms with Crippen LogP contribution in [-0.4, -0.2) is 52.1 Å². The van der Waals surface area contributed by atoms with Gasteiger partial charge in [-0.2, -0.15) is 5.10 Å². The minimum absolute atomic E-state index is 0.0947. The topological polar surface area (TPSA) is 52.2 Å². The second-order valence-corrected chi connectivity index (χ2v) is 6.76. The largest absolute Gasteiger partial charge is 0.332 e. The quantitative estimate of drug-likeness (QED) is 0.851. The lowest BCUT2D eigenvalue weighted by atomic mass is 10.2. The van der Waals surface area contributed by atoms with Gasteiger partial charge in [-0.3, -0.25) is 9.89 Å². The molecule has 1 aliphatic heterocycles. The van der Waals surface area contributed by atoms with E-state index in [4.69, 9.17) is 23.2 Å². The molecule has 0 atom stereocenters. The molecule has 2 heterocycles. The molecular weight excluding hydrogens is 347 g/mol. The number of aromatic amines is 1. The molecule has 1 saturated heterocycles. The van der Waals surface area contributed by atoms with Gasteiger partial charge in [-0.1, -0.05) is 29.3 Å². The number of halogens is 2. The minimum Gasteiger partial charge on any atom is -0.332 e. The SMILES string of the molecule is O=C(c1ccn[nH]1)N(CCN1CCCC1)Cc1c(Cl)cccc1Cl. The number of hydrogen-bond donors (Lipinski definition) is 1. The maximum absolute atomic E-state index is 12.8. The van der Waals surface area contributed by atoms with Crippen molar-refractivity contribution in [2.75, 3.05) is 26.2 Å². The van der Waals surface area contributed by atoms with Crippen LogP contribution in [0.3, 0.4) is 0 Å². The lowest BCUT2D eigenvalue weighted by molar-refractivity contribution is 0.0721. The summed E-state index contributed by atoms with van der Waals surface area (Å²) in [4.78, 5) is 16.9. The zero-order valence-corrected chi connectivity index (χ0v) is 14.9. The van der Waals surface area contributed by atoms with Crippen LogP contribution in [0.25, 0.3) is 0 Å². The van der Waals surface area contributed by atoms with E-state index in [0.717, 1.165) is 25.2 Å². The van der Waals surface area contributed by atoms with E-state index in [0.29, 0.717) is 28.8 Å². The van der Waals surface area contributed by atoms with Crippen LogP contribution in [-0.2, 0) is 6.54 Å². The highest BCUT2D eigenvalue weighted by atomic mass is 35.5. The van der Waals surface area contributed by atoms with Crippen LogP contribution in [0.5, 0.6) is 0 Å². The molecule has 2 aromatic rings. The van der Waals surface area contributed by atoms with Crippen molar-refractivity contribution in [3.63, 3.8) is 0 Å². The van der Waals surface area contributed by atoms with Gasteiger partial charge in [-0.15, -0.1) is 0 Å². The van der Waals surface area contributed by atoms with Crippen LogP contribution in [0.4, 0.5) is 0 Å². The number of benzene rings is 1. The van der Waals surface area contributed by atoms with E-state index >= 15 is 0 Å². The van der Waals surface area contributed by atoms with Crippen molar-refractivity contribution in [3.8, 4) is 0 Å². The molecule has 0 saturated carbocycles. The van der Waals surface area contributed by atoms with Gasteiger partial charge in [0.15, 0.2) is 0 Å². The normalized spacial score (nSPS) is 14.9. The molecule has 1 aliphatic rings. The van der Waals surface area contributed by atoms with E-state index in [9.17, 15) is 4.79 Å². The number of carbonyl (C=O) groups excluding carboxylic acids is 1. The van der Waals surface area contributed by atoms with E-state index in [1.165, 1.54) is 12.8 Å². The Labute approximate surface area is 151 Å². The second kappa shape index (κ2) is 8.01. The third kappa shape index (κ3) is 4.09. The molecular formula is C17H20Cl2N4O. The average molecular weight is 367 g/mol. The van der Waals surface area contributed by atoms with Crippen LogP contribution < -0.4 is 0 Å². The fourth-order valence-corrected chi connectivity index (χ4v) is 3.46. The van der Waals surface area contributed by atoms with E-state index in [1.807, 2.05) is 0 Å². The number of nitrogens with one attached hydrogen (secondary N) is 1. The predicted octanol–water partition coefficient (Wildman–Crippen LogP) is 3.45. The first-order valence-electron chi connectivity index (χ1n) is 8.09. The van der Waals surface area contributed by atoms with Gasteiger partial charge in [-0.05, 0) is 44.1 Å². The molecule has 1 aromatic heterocycles. The Bertz CT molecular complexity index is 664. The fraction of sp³-hybridized carbons (Fsp3) is 0.412. The molecule has 1 fully saturated rings. The maximum Gasteiger partial charge on any atom is 0.272 e. The number of H-pyrrole nitrogens is 1. The number of nitrogens with zero attached hydrogens (tertiary/aromatic N) is 3. The molecule has 1 aromatic carbocycles. The third-order valence-electron chi connectivity index (χ3n) is 4.31. The first-order chi connectivity index (χ1) is 11.6. The summed E-state index contributed by atoms with van der Waals surface area (Å²) in [6.45, 7) is 4.05. The smallest absolute Gasteiger partial charge is 0.272 e. The summed E-state index contributed by atoms with van der Waals surface area (Å²) in [6, 6.07) is 7.07. The van der Waals surface area contributed by atoms with Gasteiger partial charge in [0.1, 0.15) is 5.69 Å². The van der Waals surface area contributed by atoms with Crippen LogP contribution in [0.2, 0.25) is 10.0 Å². The first-order valence-corrected chi connectivity index (χ1v) is 8.84. The molecule has 128 valence electrons. The lowest BCUT2D eigenvalue weighted by Gasteiger charge is -2.26. The molecule has 5 nitrogen and oxygen atoms in total. The monoisotopic (exact) mass is 366 g/mol. The molecule has 0 unspecified atom stereocenters. The van der Waals surface area contributed by atoms with Crippen LogP contribution in [0.1, 0.15) is 28.9 Å². The van der Waals surface area contributed by atoms with Crippen molar-refractivity contribution >= 4 is 29.1 Å². The van der Waals surface area contributed by atoms with Crippen molar-refractivity contribution < 1.29 is 4.79 Å². The summed E-state index contributed by atoms with van der Waals surface area (Å²) in [5.74, 6) is -0.0947. The Morgan fingerprint density at radius 2 is 1.92 bits per heavy atom. The second-order valence-electron chi connectivity index (χ2n) is 5.95. The zero-order valence-electron chi connectivity index (χ0n) is 13.3. The molecule has 0 spiro atoms. The van der Waals surface area contributed by atoms with Gasteiger partial charge in [0, 0.05) is 41.4 Å². The summed E-state index contributed by atoms with van der Waals surface area (Å²) in [6.07, 6.45) is 4.03. The molecule has 1 N–H and O–H groups in total. The Kier molecular flexibility index (Phi) is 5.76. The molecule has 7 heteroatoms. The van der Waals surface area contributed by atoms with Crippen LogP contribution in [0.15, 0.2) is 30.5 Å². The van der Waals surface area contributed by atoms with Crippen LogP contribution in [0, 0.1) is 0 Å². The average Bonchev–Trinajstić information content (AvgIpc) is 3.27. The maximum atomic E-state index is 12.8. The number of aromatic nitrogens is 2. The van der Waals surface area contributed by atoms with Gasteiger partial charge >= 0.3 is 0 Å². The Morgan fingerprint density at radius 1 is 1.21 bits per heavy atom. The fourth-order valence-electron chi connectivity index (χ4n) is 2.94. The number of likely N-dealkylation sites (tertiary alicyclic amines) is 1. The Morgan fingerprint density at radius 3 is 2.54 bits per heavy atom. The molecule has 0 aliphatic carbocycles. The van der Waals surface area contributed by atoms with Gasteiger partial charge in [0.05, 0.1) is 0 Å². The summed E-state index contributed by atoms with van der Waals surface area (Å²) in [5, 5.41) is 7.76. The highest BCUT2D eigenvalue weighted by Gasteiger charge is 2.21. The molecule has 1 amide bonds. The highest BCUT2D eigenvalue weighted by Crippen LogP contribution is 2.26. The molecule has 3 rings (SSSR count). The molecule has 24 heavy (non-hydrogen) atoms. The molecule has 0 radical (unpaired) electrons. The van der Waals surface area contributed by atoms with Crippen LogP contribution >= 0.6 is 23.2 Å². The first kappa shape index (κ1) is 17.3. The van der Waals surface area contributed by atoms with Gasteiger partial charge in [0.2, 0.25) is 0 Å². The standard InChI is InChI=1S/C17H20Cl2N4O/c18-14-4-3-5-15(19)13(14)12-23(11-10-22-8-1-2-9-22)17(24)16-6-7-20-21-16/h3-7H,1-2,8-12H2,(H,20,21). The number of hydrogen-bond acceptors (Lipinski definition) is 3. The van der Waals surface area contributed by atoms with E-state index in [1.54, 1.807) is 35.4 Å². The van der Waals surface area contributed by atoms with Gasteiger partial charge < -0.3 is 9.80 Å². The van der Waals surface area contributed by atoms with E-state index in [2.05, 4.69) is 15.1 Å². The Hall–Kier alpha value is -1.56. The summed E-state index contributed by atoms with van der Waals surface area (Å²) >= 11 is 12.6. The predicted molar refractivity (Wildman–Crippen MR) is 95.5 cm³/mol. The van der Waals surface area contributed by atoms with Crippen molar-refractivity contribution in [3.05, 3.63) is 51.8 Å². The zero-order chi connectivity index (χ0) is 16.9. The summed E-state index contributed by atoms with van der Waals surface area (Å²) < 4.78 is 0. The minimum atomic E-state index is -0.0947. The van der Waals surface area contributed by atoms with E-state index < -0.39 is 0 Å². The number of amides is 1. The highest BCUT2D eigenvalue weighted by molar-refractivity contribution is 6.36. The van der Waals surface area contributed by atoms with Crippen molar-refractivity contribution in [2.24, 2.45) is 0 Å². The van der Waals surface area contributed by atoms with Crippen molar-refractivity contribution in [2.45, 2.75) is 19.4 Å². The van der Waals surface area contributed by atoms with Gasteiger partial charge in [0.25, 0.3) is 5.91 Å². The Balaban J connectivity index is 1.76. The van der Waals surface area contributed by atoms with Crippen molar-refractivity contribution in [1.82, 2.24) is 20.0 Å². The third-order valence-corrected chi connectivity index (χ3v) is 5.02. The lowest BCUT2D eigenvalue weighted by Crippen LogP contribution is -2.37. The number of carbonyl (C=O) groups is 1. The van der Waals surface area contributed by atoms with Crippen molar-refractivity contribution in [1.29, 1.82) is 0 Å². The summed E-state index contributed by atoms with van der Waals surface area (Å²) in [5.41, 5.74) is 1.25.